The smallest absolute Gasteiger partial charge is 0.339 e. The van der Waals surface area contributed by atoms with E-state index in [9.17, 15) is 4.79 Å². The highest BCUT2D eigenvalue weighted by atomic mass is 32.1. The summed E-state index contributed by atoms with van der Waals surface area (Å²) in [4.78, 5) is 11.7. The number of hydrogen-bond acceptors (Lipinski definition) is 5. The summed E-state index contributed by atoms with van der Waals surface area (Å²) in [6.07, 6.45) is 0. The molecule has 0 saturated heterocycles. The van der Waals surface area contributed by atoms with Crippen molar-refractivity contribution in [2.45, 2.75) is 4.90 Å². The zero-order valence-electron chi connectivity index (χ0n) is 8.27. The van der Waals surface area contributed by atoms with E-state index in [2.05, 4.69) is 17.4 Å². The van der Waals surface area contributed by atoms with Crippen LogP contribution in [0.2, 0.25) is 0 Å². The normalized spacial score (nSPS) is 9.20. The quantitative estimate of drug-likeness (QED) is 0.611. The Morgan fingerprint density at radius 2 is 2.13 bits per heavy atom. The lowest BCUT2D eigenvalue weighted by molar-refractivity contribution is 0.0597. The lowest BCUT2D eigenvalue weighted by Crippen LogP contribution is -2.04. The molecule has 5 heteroatoms. The molecule has 0 amide bonds. The van der Waals surface area contributed by atoms with Crippen molar-refractivity contribution in [2.24, 2.45) is 0 Å². The third-order valence-electron chi connectivity index (χ3n) is 1.84. The number of ether oxygens (including phenoxy) is 2. The molecule has 1 aromatic rings. The van der Waals surface area contributed by atoms with E-state index in [1.807, 2.05) is 6.07 Å². The molecule has 0 bridgehead atoms. The second kappa shape index (κ2) is 4.71. The summed E-state index contributed by atoms with van der Waals surface area (Å²) >= 11 is 4.11. The molecule has 0 saturated carbocycles. The fourth-order valence-corrected chi connectivity index (χ4v) is 1.37. The van der Waals surface area contributed by atoms with Gasteiger partial charge in [-0.15, -0.1) is 12.6 Å². The third kappa shape index (κ3) is 2.22. The van der Waals surface area contributed by atoms with Crippen LogP contribution in [-0.4, -0.2) is 20.2 Å². The second-order valence-corrected chi connectivity index (χ2v) is 3.15. The molecule has 78 valence electrons. The van der Waals surface area contributed by atoms with Gasteiger partial charge in [0.15, 0.2) is 0 Å². The third-order valence-corrected chi connectivity index (χ3v) is 2.21. The van der Waals surface area contributed by atoms with Crippen LogP contribution in [0.4, 0.5) is 0 Å². The average Bonchev–Trinajstić information content (AvgIpc) is 2.27. The first-order chi connectivity index (χ1) is 7.13. The van der Waals surface area contributed by atoms with Crippen molar-refractivity contribution in [1.82, 2.24) is 0 Å². The first-order valence-corrected chi connectivity index (χ1v) is 4.48. The molecule has 1 rings (SSSR count). The van der Waals surface area contributed by atoms with Gasteiger partial charge in [-0.2, -0.15) is 5.26 Å². The number of thiol groups is 1. The molecule has 0 aliphatic carbocycles. The van der Waals surface area contributed by atoms with Crippen molar-refractivity contribution in [3.05, 3.63) is 23.3 Å². The molecule has 0 N–H and O–H groups in total. The van der Waals surface area contributed by atoms with Gasteiger partial charge in [-0.05, 0) is 12.1 Å². The molecule has 0 heterocycles. The van der Waals surface area contributed by atoms with Gasteiger partial charge < -0.3 is 9.47 Å². The maximum absolute atomic E-state index is 11.3. The summed E-state index contributed by atoms with van der Waals surface area (Å²) in [6, 6.07) is 4.83. The van der Waals surface area contributed by atoms with Crippen molar-refractivity contribution >= 4 is 18.6 Å². The van der Waals surface area contributed by atoms with E-state index in [0.29, 0.717) is 10.6 Å². The van der Waals surface area contributed by atoms with Crippen LogP contribution in [0.15, 0.2) is 17.0 Å². The van der Waals surface area contributed by atoms with Crippen LogP contribution in [0.5, 0.6) is 5.75 Å². The van der Waals surface area contributed by atoms with Crippen LogP contribution in [0.25, 0.3) is 0 Å². The highest BCUT2D eigenvalue weighted by Crippen LogP contribution is 2.25. The van der Waals surface area contributed by atoms with E-state index < -0.39 is 5.97 Å². The number of nitriles is 1. The van der Waals surface area contributed by atoms with Crippen LogP contribution in [-0.2, 0) is 4.74 Å². The van der Waals surface area contributed by atoms with Crippen molar-refractivity contribution in [3.63, 3.8) is 0 Å². The molecule has 0 fully saturated rings. The second-order valence-electron chi connectivity index (χ2n) is 2.67. The Morgan fingerprint density at radius 1 is 1.47 bits per heavy atom. The van der Waals surface area contributed by atoms with Crippen molar-refractivity contribution in [3.8, 4) is 11.8 Å². The Labute approximate surface area is 92.8 Å². The van der Waals surface area contributed by atoms with E-state index in [4.69, 9.17) is 10.00 Å². The largest absolute Gasteiger partial charge is 0.495 e. The van der Waals surface area contributed by atoms with Gasteiger partial charge in [0.2, 0.25) is 0 Å². The summed E-state index contributed by atoms with van der Waals surface area (Å²) in [5.41, 5.74) is 0.522. The number of carbonyl (C=O) groups excluding carboxylic acids is 1. The van der Waals surface area contributed by atoms with Crippen molar-refractivity contribution in [1.29, 1.82) is 5.26 Å². The first-order valence-electron chi connectivity index (χ1n) is 4.03. The van der Waals surface area contributed by atoms with Gasteiger partial charge in [0.25, 0.3) is 0 Å². The minimum Gasteiger partial charge on any atom is -0.495 e. The SMILES string of the molecule is COC(=O)c1cc(C#N)c(OC)cc1S. The summed E-state index contributed by atoms with van der Waals surface area (Å²) in [7, 11) is 2.72. The molecule has 0 spiro atoms. The van der Waals surface area contributed by atoms with E-state index in [0.717, 1.165) is 0 Å². The molecule has 4 nitrogen and oxygen atoms in total. The Morgan fingerprint density at radius 3 is 2.60 bits per heavy atom. The monoisotopic (exact) mass is 223 g/mol. The minimum absolute atomic E-state index is 0.248. The lowest BCUT2D eigenvalue weighted by atomic mass is 10.1. The molecule has 0 atom stereocenters. The van der Waals surface area contributed by atoms with Crippen molar-refractivity contribution in [2.75, 3.05) is 14.2 Å². The van der Waals surface area contributed by atoms with Gasteiger partial charge >= 0.3 is 5.97 Å². The van der Waals surface area contributed by atoms with Gasteiger partial charge in [0.05, 0.1) is 25.3 Å². The lowest BCUT2D eigenvalue weighted by Gasteiger charge is -2.07. The van der Waals surface area contributed by atoms with E-state index >= 15 is 0 Å². The first kappa shape index (κ1) is 11.4. The number of carbonyl (C=O) groups is 1. The molecule has 1 aromatic carbocycles. The number of nitrogens with zero attached hydrogens (tertiary/aromatic N) is 1. The fourth-order valence-electron chi connectivity index (χ4n) is 1.10. The van der Waals surface area contributed by atoms with Gasteiger partial charge in [0.1, 0.15) is 11.8 Å². The maximum atomic E-state index is 11.3. The molecular weight excluding hydrogens is 214 g/mol. The molecule has 0 aliphatic rings. The zero-order chi connectivity index (χ0) is 11.4. The van der Waals surface area contributed by atoms with Crippen LogP contribution < -0.4 is 4.74 Å². The average molecular weight is 223 g/mol. The minimum atomic E-state index is -0.529. The van der Waals surface area contributed by atoms with Gasteiger partial charge in [-0.1, -0.05) is 0 Å². The van der Waals surface area contributed by atoms with Gasteiger partial charge in [0, 0.05) is 4.90 Å². The summed E-state index contributed by atoms with van der Waals surface area (Å²) in [5, 5.41) is 8.81. The molecule has 0 aliphatic heterocycles. The predicted octanol–water partition coefficient (Wildman–Crippen LogP) is 1.64. The summed E-state index contributed by atoms with van der Waals surface area (Å²) in [5.74, 6) is -0.144. The standard InChI is InChI=1S/C10H9NO3S/c1-13-8-4-9(15)7(10(12)14-2)3-6(8)5-11/h3-4,15H,1-2H3. The van der Waals surface area contributed by atoms with Gasteiger partial charge in [-0.3, -0.25) is 0 Å². The number of rotatable bonds is 2. The van der Waals surface area contributed by atoms with E-state index in [1.165, 1.54) is 26.4 Å². The number of esters is 1. The molecule has 15 heavy (non-hydrogen) atoms. The highest BCUT2D eigenvalue weighted by molar-refractivity contribution is 7.80. The summed E-state index contributed by atoms with van der Waals surface area (Å²) in [6.45, 7) is 0. The topological polar surface area (TPSA) is 59.3 Å². The Kier molecular flexibility index (Phi) is 3.58. The molecule has 0 aromatic heterocycles. The zero-order valence-corrected chi connectivity index (χ0v) is 9.17. The maximum Gasteiger partial charge on any atom is 0.339 e. The summed E-state index contributed by atoms with van der Waals surface area (Å²) < 4.78 is 9.51. The highest BCUT2D eigenvalue weighted by Gasteiger charge is 2.14. The molecule has 0 radical (unpaired) electrons. The van der Waals surface area contributed by atoms with Crippen LogP contribution >= 0.6 is 12.6 Å². The van der Waals surface area contributed by atoms with E-state index in [1.54, 1.807) is 0 Å². The predicted molar refractivity (Wildman–Crippen MR) is 56.3 cm³/mol. The van der Waals surface area contributed by atoms with Gasteiger partial charge in [-0.25, -0.2) is 4.79 Å². The van der Waals surface area contributed by atoms with Crippen LogP contribution in [0.3, 0.4) is 0 Å². The van der Waals surface area contributed by atoms with Crippen LogP contribution in [0.1, 0.15) is 15.9 Å². The Bertz CT molecular complexity index is 437. The molecule has 0 unspecified atom stereocenters. The molecular formula is C10H9NO3S. The fraction of sp³-hybridized carbons (Fsp3) is 0.200. The number of hydrogen-bond donors (Lipinski definition) is 1. The van der Waals surface area contributed by atoms with E-state index in [-0.39, 0.29) is 11.1 Å². The van der Waals surface area contributed by atoms with Crippen LogP contribution in [0, 0.1) is 11.3 Å². The number of methoxy groups -OCH3 is 2. The Hall–Kier alpha value is -1.67. The Balaban J connectivity index is 3.33. The van der Waals surface area contributed by atoms with Crippen molar-refractivity contribution < 1.29 is 14.3 Å². The number of benzene rings is 1.